The molecule has 22 heavy (non-hydrogen) atoms. The Morgan fingerprint density at radius 2 is 1.45 bits per heavy atom. The third-order valence-electron chi connectivity index (χ3n) is 3.86. The maximum atomic E-state index is 12.2. The Morgan fingerprint density at radius 1 is 0.909 bits per heavy atom. The Morgan fingerprint density at radius 3 is 2.05 bits per heavy atom. The quantitative estimate of drug-likeness (QED) is 0.871. The van der Waals surface area contributed by atoms with Crippen LogP contribution >= 0.6 is 0 Å². The molecule has 1 saturated heterocycles. The first kappa shape index (κ1) is 14.8. The van der Waals surface area contributed by atoms with Gasteiger partial charge in [0.25, 0.3) is 0 Å². The van der Waals surface area contributed by atoms with Crippen LogP contribution in [0.1, 0.15) is 11.1 Å². The van der Waals surface area contributed by atoms with Gasteiger partial charge in [0.2, 0.25) is 9.84 Å². The molecule has 2 aromatic carbocycles. The van der Waals surface area contributed by atoms with E-state index in [1.165, 1.54) is 4.90 Å². The second kappa shape index (κ2) is 5.93. The highest BCUT2D eigenvalue weighted by Gasteiger charge is 2.43. The standard InChI is InChI=1S/C17H17NO3S/c19-17-18(12-15-9-5-2-6-10-15)16(13-22(17,20)21)11-14-7-3-1-4-8-14/h1-10,16H,11-13H2/t16-/m1/s1. The SMILES string of the molecule is O=C1N(Cc2ccccc2)[C@H](Cc2ccccc2)CS1(=O)=O. The topological polar surface area (TPSA) is 54.5 Å². The van der Waals surface area contributed by atoms with E-state index in [1.807, 2.05) is 60.7 Å². The van der Waals surface area contributed by atoms with Crippen LogP contribution < -0.4 is 0 Å². The summed E-state index contributed by atoms with van der Waals surface area (Å²) in [5, 5.41) is -0.753. The third kappa shape index (κ3) is 3.04. The lowest BCUT2D eigenvalue weighted by Gasteiger charge is -2.23. The lowest BCUT2D eigenvalue weighted by molar-refractivity contribution is 0.206. The molecule has 0 aromatic heterocycles. The highest BCUT2D eigenvalue weighted by atomic mass is 32.2. The van der Waals surface area contributed by atoms with Crippen molar-refractivity contribution in [1.82, 2.24) is 4.90 Å². The van der Waals surface area contributed by atoms with Gasteiger partial charge < -0.3 is 4.90 Å². The molecule has 2 aromatic rings. The first-order chi connectivity index (χ1) is 10.6. The third-order valence-corrected chi connectivity index (χ3v) is 5.45. The molecule has 1 fully saturated rings. The second-order valence-electron chi connectivity index (χ2n) is 5.50. The smallest absolute Gasteiger partial charge is 0.321 e. The van der Waals surface area contributed by atoms with Crippen molar-refractivity contribution in [2.75, 3.05) is 5.75 Å². The Bertz CT molecular complexity index is 757. The number of hydrogen-bond donors (Lipinski definition) is 0. The maximum absolute atomic E-state index is 12.2. The highest BCUT2D eigenvalue weighted by molar-refractivity contribution is 8.06. The van der Waals surface area contributed by atoms with Crippen molar-refractivity contribution >= 4 is 15.1 Å². The van der Waals surface area contributed by atoms with Crippen molar-refractivity contribution in [3.05, 3.63) is 71.8 Å². The van der Waals surface area contributed by atoms with Gasteiger partial charge in [-0.05, 0) is 17.5 Å². The molecule has 114 valence electrons. The van der Waals surface area contributed by atoms with Gasteiger partial charge in [-0.3, -0.25) is 4.79 Å². The van der Waals surface area contributed by atoms with Crippen molar-refractivity contribution in [2.45, 2.75) is 19.0 Å². The zero-order chi connectivity index (χ0) is 15.6. The summed E-state index contributed by atoms with van der Waals surface area (Å²) in [5.41, 5.74) is 1.97. The van der Waals surface area contributed by atoms with Gasteiger partial charge in [0, 0.05) is 6.54 Å². The lowest BCUT2D eigenvalue weighted by Crippen LogP contribution is -2.34. The zero-order valence-electron chi connectivity index (χ0n) is 12.1. The largest absolute Gasteiger partial charge is 0.339 e. The first-order valence-electron chi connectivity index (χ1n) is 7.17. The number of benzene rings is 2. The van der Waals surface area contributed by atoms with E-state index in [9.17, 15) is 13.2 Å². The summed E-state index contributed by atoms with van der Waals surface area (Å²) >= 11 is 0. The fourth-order valence-corrected chi connectivity index (χ4v) is 4.29. The number of carbonyl (C=O) groups excluding carboxylic acids is 1. The van der Waals surface area contributed by atoms with Gasteiger partial charge in [-0.25, -0.2) is 8.42 Å². The number of nitrogens with zero attached hydrogens (tertiary/aromatic N) is 1. The van der Waals surface area contributed by atoms with Crippen LogP contribution in [0.15, 0.2) is 60.7 Å². The molecule has 1 aliphatic rings. The van der Waals surface area contributed by atoms with E-state index < -0.39 is 15.1 Å². The summed E-state index contributed by atoms with van der Waals surface area (Å²) in [6, 6.07) is 18.8. The van der Waals surface area contributed by atoms with Crippen molar-refractivity contribution in [2.24, 2.45) is 0 Å². The number of hydrogen-bond acceptors (Lipinski definition) is 3. The predicted octanol–water partition coefficient (Wildman–Crippen LogP) is 2.65. The van der Waals surface area contributed by atoms with E-state index in [1.54, 1.807) is 0 Å². The van der Waals surface area contributed by atoms with E-state index in [-0.39, 0.29) is 11.8 Å². The minimum Gasteiger partial charge on any atom is -0.321 e. The second-order valence-corrected chi connectivity index (χ2v) is 7.42. The van der Waals surface area contributed by atoms with Crippen LogP contribution in [-0.2, 0) is 22.8 Å². The van der Waals surface area contributed by atoms with Crippen LogP contribution in [0.5, 0.6) is 0 Å². The minimum absolute atomic E-state index is 0.104. The fraction of sp³-hybridized carbons (Fsp3) is 0.235. The molecule has 1 heterocycles. The van der Waals surface area contributed by atoms with Gasteiger partial charge in [-0.2, -0.15) is 0 Å². The zero-order valence-corrected chi connectivity index (χ0v) is 12.9. The molecule has 1 atom stereocenters. The van der Waals surface area contributed by atoms with Gasteiger partial charge in [0.15, 0.2) is 0 Å². The fourth-order valence-electron chi connectivity index (χ4n) is 2.77. The Hall–Kier alpha value is -2.14. The van der Waals surface area contributed by atoms with Crippen LogP contribution in [0, 0.1) is 0 Å². The van der Waals surface area contributed by atoms with Crippen LogP contribution in [0.3, 0.4) is 0 Å². The first-order valence-corrected chi connectivity index (χ1v) is 8.83. The molecule has 1 amide bonds. The lowest BCUT2D eigenvalue weighted by atomic mass is 10.1. The van der Waals surface area contributed by atoms with Gasteiger partial charge >= 0.3 is 5.24 Å². The van der Waals surface area contributed by atoms with Crippen molar-refractivity contribution < 1.29 is 13.2 Å². The maximum Gasteiger partial charge on any atom is 0.339 e. The molecule has 0 unspecified atom stereocenters. The van der Waals surface area contributed by atoms with E-state index >= 15 is 0 Å². The molecule has 3 rings (SSSR count). The molecule has 1 aliphatic heterocycles. The van der Waals surface area contributed by atoms with Gasteiger partial charge in [0.05, 0.1) is 11.8 Å². The summed E-state index contributed by atoms with van der Waals surface area (Å²) in [4.78, 5) is 13.7. The summed E-state index contributed by atoms with van der Waals surface area (Å²) < 4.78 is 23.9. The van der Waals surface area contributed by atoms with E-state index in [0.29, 0.717) is 13.0 Å². The number of amides is 1. The van der Waals surface area contributed by atoms with E-state index in [2.05, 4.69) is 0 Å². The summed E-state index contributed by atoms with van der Waals surface area (Å²) in [7, 11) is -3.68. The van der Waals surface area contributed by atoms with Crippen molar-refractivity contribution in [3.8, 4) is 0 Å². The Labute approximate surface area is 130 Å². The van der Waals surface area contributed by atoms with Gasteiger partial charge in [0.1, 0.15) is 0 Å². The van der Waals surface area contributed by atoms with Crippen LogP contribution in [-0.4, -0.2) is 30.4 Å². The molecule has 0 N–H and O–H groups in total. The normalized spacial score (nSPS) is 20.3. The Balaban J connectivity index is 1.85. The molecule has 0 saturated carbocycles. The monoisotopic (exact) mass is 315 g/mol. The molecular formula is C17H17NO3S. The van der Waals surface area contributed by atoms with Crippen molar-refractivity contribution in [1.29, 1.82) is 0 Å². The number of sulfone groups is 1. The number of carbonyl (C=O) groups is 1. The summed E-state index contributed by atoms with van der Waals surface area (Å²) in [5.74, 6) is -0.104. The summed E-state index contributed by atoms with van der Waals surface area (Å²) in [6.45, 7) is 0.330. The molecule has 0 bridgehead atoms. The molecule has 5 heteroatoms. The highest BCUT2D eigenvalue weighted by Crippen LogP contribution is 2.24. The van der Waals surface area contributed by atoms with Crippen LogP contribution in [0.4, 0.5) is 4.79 Å². The molecular weight excluding hydrogens is 298 g/mol. The predicted molar refractivity (Wildman–Crippen MR) is 85.1 cm³/mol. The van der Waals surface area contributed by atoms with Crippen LogP contribution in [0.25, 0.3) is 0 Å². The van der Waals surface area contributed by atoms with Crippen LogP contribution in [0.2, 0.25) is 0 Å². The molecule has 0 spiro atoms. The number of rotatable bonds is 4. The summed E-state index contributed by atoms with van der Waals surface area (Å²) in [6.07, 6.45) is 0.554. The molecule has 4 nitrogen and oxygen atoms in total. The van der Waals surface area contributed by atoms with E-state index in [4.69, 9.17) is 0 Å². The average molecular weight is 315 g/mol. The Kier molecular flexibility index (Phi) is 3.98. The van der Waals surface area contributed by atoms with Gasteiger partial charge in [-0.1, -0.05) is 60.7 Å². The average Bonchev–Trinajstić information content (AvgIpc) is 2.72. The van der Waals surface area contributed by atoms with E-state index in [0.717, 1.165) is 11.1 Å². The van der Waals surface area contributed by atoms with Gasteiger partial charge in [-0.15, -0.1) is 0 Å². The van der Waals surface area contributed by atoms with Crippen molar-refractivity contribution in [3.63, 3.8) is 0 Å². The molecule has 0 radical (unpaired) electrons. The molecule has 0 aliphatic carbocycles. The minimum atomic E-state index is -3.68.